The Morgan fingerprint density at radius 3 is 1.62 bits per heavy atom. The molecule has 1 aromatic carbocycles. The summed E-state index contributed by atoms with van der Waals surface area (Å²) >= 11 is 0. The van der Waals surface area contributed by atoms with Crippen molar-refractivity contribution in [3.05, 3.63) is 39.9 Å². The topological polar surface area (TPSA) is 114 Å². The number of benzene rings is 1. The Morgan fingerprint density at radius 1 is 0.688 bits per heavy atom. The largest absolute Gasteiger partial charge is 0.493 e. The number of hydrogen-bond donors (Lipinski definition) is 0. The Morgan fingerprint density at radius 2 is 1.15 bits per heavy atom. The van der Waals surface area contributed by atoms with Gasteiger partial charge < -0.3 is 23.7 Å². The minimum atomic E-state index is -1.25. The first-order chi connectivity index (χ1) is 22.2. The summed E-state index contributed by atoms with van der Waals surface area (Å²) in [6.07, 6.45) is 0.103. The molecule has 9 nitrogen and oxygen atoms in total. The molecule has 260 valence electrons. The Labute approximate surface area is 283 Å². The number of hydrogen-bond acceptors (Lipinski definition) is 9. The zero-order chi connectivity index (χ0) is 35.5. The van der Waals surface area contributed by atoms with E-state index in [1.54, 1.807) is 27.7 Å². The van der Waals surface area contributed by atoms with E-state index < -0.39 is 33.5 Å². The van der Waals surface area contributed by atoms with Gasteiger partial charge in [0.05, 0.1) is 41.5 Å². The molecule has 1 fully saturated rings. The quantitative estimate of drug-likeness (QED) is 0.297. The number of ether oxygens (including phenoxy) is 5. The zero-order valence-electron chi connectivity index (χ0n) is 30.5. The van der Waals surface area contributed by atoms with Gasteiger partial charge in [0, 0.05) is 46.6 Å². The number of fused-ring (bicyclic) bond motifs is 3. The summed E-state index contributed by atoms with van der Waals surface area (Å²) in [4.78, 5) is 56.4. The molecule has 3 aliphatic heterocycles. The van der Waals surface area contributed by atoms with Crippen LogP contribution in [0.5, 0.6) is 17.2 Å². The fourth-order valence-corrected chi connectivity index (χ4v) is 8.68. The summed E-state index contributed by atoms with van der Waals surface area (Å²) in [5, 5.41) is 0. The molecule has 2 atom stereocenters. The Balaban J connectivity index is 1.63. The minimum absolute atomic E-state index is 0.0908. The second kappa shape index (κ2) is 11.1. The molecule has 0 amide bonds. The van der Waals surface area contributed by atoms with Crippen LogP contribution in [-0.2, 0) is 28.7 Å². The molecule has 2 aliphatic carbocycles. The Kier molecular flexibility index (Phi) is 8.00. The predicted octanol–water partition coefficient (Wildman–Crippen LogP) is 7.01. The zero-order valence-corrected chi connectivity index (χ0v) is 30.5. The van der Waals surface area contributed by atoms with Crippen LogP contribution in [0.1, 0.15) is 112 Å². The van der Waals surface area contributed by atoms with Crippen LogP contribution in [0.3, 0.4) is 0 Å². The molecule has 6 rings (SSSR count). The molecular weight excluding hydrogens is 612 g/mol. The highest BCUT2D eigenvalue weighted by Crippen LogP contribution is 2.63. The van der Waals surface area contributed by atoms with Crippen molar-refractivity contribution in [1.82, 2.24) is 0 Å². The summed E-state index contributed by atoms with van der Waals surface area (Å²) in [6, 6.07) is 1.83. The van der Waals surface area contributed by atoms with Gasteiger partial charge in [0.1, 0.15) is 28.8 Å². The van der Waals surface area contributed by atoms with E-state index in [2.05, 4.69) is 13.8 Å². The van der Waals surface area contributed by atoms with Crippen molar-refractivity contribution in [3.63, 3.8) is 0 Å². The molecule has 0 aromatic heterocycles. The highest BCUT2D eigenvalue weighted by Gasteiger charge is 2.61. The minimum Gasteiger partial charge on any atom is -0.493 e. The van der Waals surface area contributed by atoms with E-state index in [1.165, 1.54) is 0 Å². The number of ketones is 4. The van der Waals surface area contributed by atoms with Gasteiger partial charge >= 0.3 is 0 Å². The van der Waals surface area contributed by atoms with E-state index in [4.69, 9.17) is 23.7 Å². The standard InChI is InChI=1S/C39H50O9/c1-18(2)23-25-20(44-14-13-22-45-15-16-46-22)17-21-26(29(25)48-33-28(23)31(41)37(7,8)35(43)39(33,11)12)24(19(3)4)27-30(40)36(5,6)34(42)38(9,10)32(27)47-21/h17-19,22-24H,13-16H2,1-12H3/t23-,24+/m0/s1. The second-order valence-electron chi connectivity index (χ2n) is 16.8. The van der Waals surface area contributed by atoms with E-state index in [9.17, 15) is 19.2 Å². The molecular formula is C39H50O9. The average Bonchev–Trinajstić information content (AvgIpc) is 3.53. The Bertz CT molecular complexity index is 1690. The Hall–Kier alpha value is -3.30. The van der Waals surface area contributed by atoms with Crippen molar-refractivity contribution in [3.8, 4) is 17.2 Å². The van der Waals surface area contributed by atoms with Crippen molar-refractivity contribution in [2.24, 2.45) is 33.5 Å². The molecule has 0 N–H and O–H groups in total. The molecule has 0 bridgehead atoms. The van der Waals surface area contributed by atoms with Gasteiger partial charge in [-0.05, 0) is 67.2 Å². The molecule has 1 saturated heterocycles. The lowest BCUT2D eigenvalue weighted by molar-refractivity contribution is -0.146. The van der Waals surface area contributed by atoms with E-state index in [1.807, 2.05) is 47.6 Å². The van der Waals surface area contributed by atoms with Crippen LogP contribution >= 0.6 is 0 Å². The van der Waals surface area contributed by atoms with Gasteiger partial charge in [-0.1, -0.05) is 27.7 Å². The number of rotatable bonds is 6. The fraction of sp³-hybridized carbons (Fsp3) is 0.641. The third-order valence-corrected chi connectivity index (χ3v) is 11.1. The summed E-state index contributed by atoms with van der Waals surface area (Å²) < 4.78 is 31.5. The second-order valence-corrected chi connectivity index (χ2v) is 16.8. The first-order valence-electron chi connectivity index (χ1n) is 17.3. The average molecular weight is 663 g/mol. The SMILES string of the molecule is CC(C)[C@@H]1C2=C(Oc3c1c(OCCC1OCCO1)cc1c3[C@@H](C(C)C)C3=C(O1)C(C)(C)C(=O)C(C)(C)C3=O)C(C)(C)C(=O)C(C)(C)C2=O. The fourth-order valence-electron chi connectivity index (χ4n) is 8.68. The van der Waals surface area contributed by atoms with Gasteiger partial charge in [0.15, 0.2) is 29.4 Å². The van der Waals surface area contributed by atoms with Crippen LogP contribution < -0.4 is 14.2 Å². The van der Waals surface area contributed by atoms with Crippen molar-refractivity contribution in [2.45, 2.75) is 108 Å². The highest BCUT2D eigenvalue weighted by molar-refractivity contribution is 6.21. The van der Waals surface area contributed by atoms with Crippen LogP contribution in [0.2, 0.25) is 0 Å². The summed E-state index contributed by atoms with van der Waals surface area (Å²) in [6.45, 7) is 23.5. The molecule has 0 radical (unpaired) electrons. The van der Waals surface area contributed by atoms with Crippen LogP contribution in [0.4, 0.5) is 0 Å². The van der Waals surface area contributed by atoms with Crippen molar-refractivity contribution >= 4 is 23.1 Å². The van der Waals surface area contributed by atoms with E-state index in [0.717, 1.165) is 0 Å². The van der Waals surface area contributed by atoms with E-state index in [0.29, 0.717) is 70.7 Å². The first-order valence-corrected chi connectivity index (χ1v) is 17.3. The molecule has 0 unspecified atom stereocenters. The van der Waals surface area contributed by atoms with Gasteiger partial charge in [-0.3, -0.25) is 19.2 Å². The van der Waals surface area contributed by atoms with Crippen molar-refractivity contribution < 1.29 is 42.9 Å². The summed E-state index contributed by atoms with van der Waals surface area (Å²) in [5.41, 5.74) is -2.36. The highest BCUT2D eigenvalue weighted by atomic mass is 16.7. The smallest absolute Gasteiger partial charge is 0.175 e. The molecule has 5 aliphatic rings. The van der Waals surface area contributed by atoms with Crippen molar-refractivity contribution in [1.29, 1.82) is 0 Å². The maximum absolute atomic E-state index is 14.3. The maximum Gasteiger partial charge on any atom is 0.175 e. The number of carbonyl (C=O) groups is 4. The lowest BCUT2D eigenvalue weighted by Crippen LogP contribution is -2.53. The third kappa shape index (κ3) is 4.70. The molecule has 0 spiro atoms. The lowest BCUT2D eigenvalue weighted by Gasteiger charge is -2.48. The number of allylic oxidation sites excluding steroid dienone is 4. The maximum atomic E-state index is 14.3. The van der Waals surface area contributed by atoms with E-state index >= 15 is 0 Å². The normalized spacial score (nSPS) is 27.0. The summed E-state index contributed by atoms with van der Waals surface area (Å²) in [7, 11) is 0. The predicted molar refractivity (Wildman–Crippen MR) is 178 cm³/mol. The van der Waals surface area contributed by atoms with Gasteiger partial charge in [-0.25, -0.2) is 0 Å². The monoisotopic (exact) mass is 662 g/mol. The van der Waals surface area contributed by atoms with Gasteiger partial charge in [0.25, 0.3) is 0 Å². The van der Waals surface area contributed by atoms with Crippen LogP contribution in [-0.4, -0.2) is 49.2 Å². The first kappa shape index (κ1) is 34.6. The lowest BCUT2D eigenvalue weighted by atomic mass is 9.58. The van der Waals surface area contributed by atoms with Crippen LogP contribution in [0, 0.1) is 33.5 Å². The van der Waals surface area contributed by atoms with Crippen molar-refractivity contribution in [2.75, 3.05) is 19.8 Å². The van der Waals surface area contributed by atoms with E-state index in [-0.39, 0.29) is 47.9 Å². The van der Waals surface area contributed by atoms with Gasteiger partial charge in [-0.15, -0.1) is 0 Å². The number of carbonyl (C=O) groups excluding carboxylic acids is 4. The molecule has 1 aromatic rings. The molecule has 0 saturated carbocycles. The van der Waals surface area contributed by atoms with Crippen LogP contribution in [0.25, 0.3) is 0 Å². The number of Topliss-reactive ketones (excluding diaryl/α,β-unsaturated/α-hetero) is 4. The third-order valence-electron chi connectivity index (χ3n) is 11.1. The van der Waals surface area contributed by atoms with Crippen LogP contribution in [0.15, 0.2) is 28.7 Å². The van der Waals surface area contributed by atoms with Gasteiger partial charge in [0.2, 0.25) is 0 Å². The molecule has 9 heteroatoms. The van der Waals surface area contributed by atoms with Gasteiger partial charge in [-0.2, -0.15) is 0 Å². The molecule has 3 heterocycles. The summed E-state index contributed by atoms with van der Waals surface area (Å²) in [5.74, 6) is -0.0492. The molecule has 48 heavy (non-hydrogen) atoms.